The molecule has 0 aliphatic carbocycles. The van der Waals surface area contributed by atoms with Gasteiger partial charge in [0, 0.05) is 0 Å². The first-order chi connectivity index (χ1) is 6.93. The van der Waals surface area contributed by atoms with Gasteiger partial charge in [-0.15, -0.1) is 24.4 Å². The van der Waals surface area contributed by atoms with Crippen LogP contribution in [0.5, 0.6) is 0 Å². The zero-order valence-electron chi connectivity index (χ0n) is 12.9. The molecular weight excluding hydrogens is 304 g/mol. The summed E-state index contributed by atoms with van der Waals surface area (Å²) in [6.07, 6.45) is -1.67. The fourth-order valence-corrected chi connectivity index (χ4v) is 0. The van der Waals surface area contributed by atoms with Gasteiger partial charge in [-0.2, -0.15) is 0 Å². The quantitative estimate of drug-likeness (QED) is 0.533. The van der Waals surface area contributed by atoms with Gasteiger partial charge in [0.2, 0.25) is 0 Å². The first-order valence-electron chi connectivity index (χ1n) is 5.56. The van der Waals surface area contributed by atoms with E-state index in [-0.39, 0.29) is 43.4 Å². The zero-order valence-corrected chi connectivity index (χ0v) is 16.1. The maximum atomic E-state index is 9.53. The summed E-state index contributed by atoms with van der Waals surface area (Å²) in [5.41, 5.74) is 0. The third-order valence-electron chi connectivity index (χ3n) is 0. The second kappa shape index (κ2) is 30.9. The zero-order chi connectivity index (χ0) is 14.3. The van der Waals surface area contributed by atoms with Crippen LogP contribution in [-0.4, -0.2) is 24.4 Å². The van der Waals surface area contributed by atoms with Gasteiger partial charge in [0.15, 0.2) is 0 Å². The van der Waals surface area contributed by atoms with Crippen molar-refractivity contribution in [3.8, 4) is 0 Å². The maximum absolute atomic E-state index is 9.53. The van der Waals surface area contributed by atoms with E-state index >= 15 is 0 Å². The number of hydrogen-bond acceptors (Lipinski definition) is 4. The molecule has 0 saturated carbocycles. The van der Waals surface area contributed by atoms with Gasteiger partial charge in [-0.05, 0) is 0 Å². The summed E-state index contributed by atoms with van der Waals surface area (Å²) < 4.78 is 0. The van der Waals surface area contributed by atoms with Gasteiger partial charge in [0.05, 0.1) is 0 Å². The third-order valence-corrected chi connectivity index (χ3v) is 0. The van der Waals surface area contributed by atoms with Crippen molar-refractivity contribution in [3.05, 3.63) is 0 Å². The van der Waals surface area contributed by atoms with Crippen molar-refractivity contribution in [2.45, 2.75) is 79.8 Å². The molecule has 108 valence electrons. The predicted octanol–water partition coefficient (Wildman–Crippen LogP) is -0.985. The van der Waals surface area contributed by atoms with Gasteiger partial charge in [-0.1, -0.05) is 55.4 Å². The SMILES string of the molecule is CC(C)[O-].CC(C)[O-].CC(C)[O-].CC(C)[O-].[Ti+2].[Ti+2]. The van der Waals surface area contributed by atoms with E-state index in [4.69, 9.17) is 0 Å². The van der Waals surface area contributed by atoms with Gasteiger partial charge in [0.1, 0.15) is 0 Å². The summed E-state index contributed by atoms with van der Waals surface area (Å²) in [5.74, 6) is 0. The van der Waals surface area contributed by atoms with E-state index in [1.54, 1.807) is 55.4 Å². The monoisotopic (exact) mass is 332 g/mol. The molecule has 0 fully saturated rings. The van der Waals surface area contributed by atoms with Crippen molar-refractivity contribution >= 4 is 0 Å². The van der Waals surface area contributed by atoms with Crippen LogP contribution in [0.1, 0.15) is 55.4 Å². The molecule has 0 aromatic carbocycles. The number of rotatable bonds is 0. The van der Waals surface area contributed by atoms with Crippen molar-refractivity contribution in [1.82, 2.24) is 0 Å². The van der Waals surface area contributed by atoms with Crippen LogP contribution >= 0.6 is 0 Å². The van der Waals surface area contributed by atoms with Crippen LogP contribution < -0.4 is 20.4 Å². The largest absolute Gasteiger partial charge is 2.00 e. The average molecular weight is 332 g/mol. The van der Waals surface area contributed by atoms with Gasteiger partial charge in [-0.3, -0.25) is 0 Å². The molecule has 0 unspecified atom stereocenters. The molecule has 18 heavy (non-hydrogen) atoms. The molecular formula is C12H28O4Ti2. The first kappa shape index (κ1) is 36.5. The molecule has 0 rings (SSSR count). The molecule has 6 heteroatoms. The molecule has 0 spiro atoms. The molecule has 0 amide bonds. The van der Waals surface area contributed by atoms with Crippen molar-refractivity contribution in [2.75, 3.05) is 0 Å². The molecule has 0 radical (unpaired) electrons. The Morgan fingerprint density at radius 3 is 0.389 bits per heavy atom. The van der Waals surface area contributed by atoms with Crippen LogP contribution in [0.4, 0.5) is 0 Å². The Kier molecular flexibility index (Phi) is 62.8. The Morgan fingerprint density at radius 2 is 0.389 bits per heavy atom. The predicted molar refractivity (Wildman–Crippen MR) is 60.5 cm³/mol. The van der Waals surface area contributed by atoms with E-state index in [1.165, 1.54) is 0 Å². The molecule has 0 aliphatic heterocycles. The van der Waals surface area contributed by atoms with E-state index in [1.807, 2.05) is 0 Å². The Morgan fingerprint density at radius 1 is 0.389 bits per heavy atom. The van der Waals surface area contributed by atoms with E-state index in [2.05, 4.69) is 0 Å². The molecule has 0 bridgehead atoms. The molecule has 0 heterocycles. The van der Waals surface area contributed by atoms with Crippen LogP contribution in [0, 0.1) is 0 Å². The normalized spacial score (nSPS) is 8.00. The van der Waals surface area contributed by atoms with E-state index < -0.39 is 24.4 Å². The van der Waals surface area contributed by atoms with Crippen LogP contribution in [0.3, 0.4) is 0 Å². The average Bonchev–Trinajstić information content (AvgIpc) is 1.76. The fourth-order valence-electron chi connectivity index (χ4n) is 0. The Hall–Kier alpha value is 1.27. The first-order valence-corrected chi connectivity index (χ1v) is 5.56. The molecule has 0 atom stereocenters. The molecule has 0 aliphatic rings. The molecule has 0 saturated heterocycles. The van der Waals surface area contributed by atoms with Crippen LogP contribution in [-0.2, 0) is 43.4 Å². The van der Waals surface area contributed by atoms with E-state index in [9.17, 15) is 20.4 Å². The molecule has 0 aromatic rings. The molecule has 0 aromatic heterocycles. The van der Waals surface area contributed by atoms with Crippen molar-refractivity contribution < 1.29 is 63.9 Å². The van der Waals surface area contributed by atoms with Gasteiger partial charge >= 0.3 is 43.4 Å². The Balaban J connectivity index is -0.0000000257. The van der Waals surface area contributed by atoms with Crippen molar-refractivity contribution in [2.24, 2.45) is 0 Å². The summed E-state index contributed by atoms with van der Waals surface area (Å²) in [6, 6.07) is 0. The maximum Gasteiger partial charge on any atom is 2.00 e. The summed E-state index contributed by atoms with van der Waals surface area (Å²) in [7, 11) is 0. The van der Waals surface area contributed by atoms with E-state index in [0.717, 1.165) is 0 Å². The minimum Gasteiger partial charge on any atom is -0.852 e. The minimum atomic E-state index is -0.417. The van der Waals surface area contributed by atoms with Gasteiger partial charge < -0.3 is 20.4 Å². The summed E-state index contributed by atoms with van der Waals surface area (Å²) >= 11 is 0. The standard InChI is InChI=1S/4C3H7O.2Ti/c4*1-3(2)4;;/h4*3H,1-2H3;;/q4*-1;2*+2. The fraction of sp³-hybridized carbons (Fsp3) is 1.00. The summed E-state index contributed by atoms with van der Waals surface area (Å²) in [4.78, 5) is 0. The van der Waals surface area contributed by atoms with Crippen LogP contribution in [0.15, 0.2) is 0 Å². The minimum absolute atomic E-state index is 0. The van der Waals surface area contributed by atoms with E-state index in [0.29, 0.717) is 0 Å². The van der Waals surface area contributed by atoms with Crippen LogP contribution in [0.2, 0.25) is 0 Å². The summed E-state index contributed by atoms with van der Waals surface area (Å²) in [6.45, 7) is 12.9. The second-order valence-corrected chi connectivity index (χ2v) is 4.20. The Bertz CT molecular complexity index is 65.1. The second-order valence-electron chi connectivity index (χ2n) is 4.20. The molecule has 4 nitrogen and oxygen atoms in total. The van der Waals surface area contributed by atoms with Crippen LogP contribution in [0.25, 0.3) is 0 Å². The van der Waals surface area contributed by atoms with Crippen molar-refractivity contribution in [3.63, 3.8) is 0 Å². The van der Waals surface area contributed by atoms with Crippen molar-refractivity contribution in [1.29, 1.82) is 0 Å². The van der Waals surface area contributed by atoms with Gasteiger partial charge in [0.25, 0.3) is 0 Å². The topological polar surface area (TPSA) is 92.2 Å². The third kappa shape index (κ3) is 2840. The van der Waals surface area contributed by atoms with Gasteiger partial charge in [-0.25, -0.2) is 0 Å². The molecule has 0 N–H and O–H groups in total. The Labute approximate surface area is 143 Å². The number of hydrogen-bond donors (Lipinski definition) is 0. The smallest absolute Gasteiger partial charge is 0.852 e. The summed E-state index contributed by atoms with van der Waals surface area (Å²) in [5, 5.41) is 38.1.